The summed E-state index contributed by atoms with van der Waals surface area (Å²) in [5.74, 6) is -2.91. The first-order valence-corrected chi connectivity index (χ1v) is 8.32. The van der Waals surface area contributed by atoms with Crippen molar-refractivity contribution in [3.05, 3.63) is 24.3 Å². The summed E-state index contributed by atoms with van der Waals surface area (Å²) >= 11 is 0. The molecule has 1 aromatic rings. The fraction of sp³-hybridized carbons (Fsp3) is 0.385. The molecule has 0 fully saturated rings. The summed E-state index contributed by atoms with van der Waals surface area (Å²) in [6.07, 6.45) is -5.26. The zero-order valence-corrected chi connectivity index (χ0v) is 14.0. The highest BCUT2D eigenvalue weighted by Gasteiger charge is 2.63. The van der Waals surface area contributed by atoms with Crippen LogP contribution < -0.4 is 15.8 Å². The molecule has 0 saturated carbocycles. The molecule has 0 saturated heterocycles. The van der Waals surface area contributed by atoms with Gasteiger partial charge in [-0.3, -0.25) is 4.79 Å². The van der Waals surface area contributed by atoms with E-state index in [1.165, 1.54) is 12.2 Å². The molecule has 1 aromatic carbocycles. The van der Waals surface area contributed by atoms with Crippen molar-refractivity contribution in [1.29, 1.82) is 0 Å². The van der Waals surface area contributed by atoms with E-state index in [2.05, 4.69) is 4.74 Å². The molecule has 12 heteroatoms. The Balaban J connectivity index is 3.37. The molecule has 0 spiro atoms. The monoisotopic (exact) mass is 383 g/mol. The number of nitrogens with one attached hydrogen (secondary N) is 2. The third kappa shape index (κ3) is 4.82. The number of nitrogens with two attached hydrogens (primary N) is 1. The number of alkyl halides is 3. The standard InChI is InChI=1S/C13H16F3N3O5S/c1-3-24-11(21)12(13(14,15)16,18-8(2)20)19-9-4-6-10(7-5-9)25(17,22)23/h4-7,19H,3H2,1-2H3,(H,18,20)(H2,17,22,23)/t12-/m1/s1. The summed E-state index contributed by atoms with van der Waals surface area (Å²) in [7, 11) is -4.05. The lowest BCUT2D eigenvalue weighted by Gasteiger charge is -2.35. The van der Waals surface area contributed by atoms with Crippen LogP contribution in [-0.2, 0) is 24.3 Å². The Bertz CT molecular complexity index is 749. The Morgan fingerprint density at radius 1 is 1.20 bits per heavy atom. The first-order chi connectivity index (χ1) is 11.3. The van der Waals surface area contributed by atoms with Crippen LogP contribution in [-0.4, -0.2) is 38.7 Å². The molecule has 0 radical (unpaired) electrons. The van der Waals surface area contributed by atoms with Gasteiger partial charge in [0, 0.05) is 12.6 Å². The van der Waals surface area contributed by atoms with Crippen LogP contribution in [0.15, 0.2) is 29.2 Å². The molecule has 0 aliphatic carbocycles. The lowest BCUT2D eigenvalue weighted by Crippen LogP contribution is -2.69. The molecule has 1 atom stereocenters. The summed E-state index contributed by atoms with van der Waals surface area (Å²) in [4.78, 5) is 22.8. The van der Waals surface area contributed by atoms with Gasteiger partial charge >= 0.3 is 17.8 Å². The molecule has 1 rings (SSSR count). The topological polar surface area (TPSA) is 128 Å². The number of carbonyl (C=O) groups excluding carboxylic acids is 2. The second kappa shape index (κ2) is 7.27. The number of ether oxygens (including phenoxy) is 1. The third-order valence-electron chi connectivity index (χ3n) is 2.89. The van der Waals surface area contributed by atoms with E-state index in [0.717, 1.165) is 31.2 Å². The van der Waals surface area contributed by atoms with Crippen molar-refractivity contribution in [1.82, 2.24) is 5.32 Å². The van der Waals surface area contributed by atoms with Gasteiger partial charge in [0.1, 0.15) is 0 Å². The molecule has 140 valence electrons. The van der Waals surface area contributed by atoms with Crippen molar-refractivity contribution in [2.75, 3.05) is 11.9 Å². The van der Waals surface area contributed by atoms with Crippen LogP contribution in [0, 0.1) is 0 Å². The molecular weight excluding hydrogens is 367 g/mol. The number of amides is 1. The number of primary sulfonamides is 1. The maximum Gasteiger partial charge on any atom is 0.441 e. The minimum atomic E-state index is -5.26. The molecule has 0 aliphatic rings. The summed E-state index contributed by atoms with van der Waals surface area (Å²) in [5, 5.41) is 8.28. The first-order valence-electron chi connectivity index (χ1n) is 6.77. The van der Waals surface area contributed by atoms with Crippen LogP contribution in [0.4, 0.5) is 18.9 Å². The second-order valence-corrected chi connectivity index (χ2v) is 6.41. The van der Waals surface area contributed by atoms with Gasteiger partial charge in [0.05, 0.1) is 11.5 Å². The summed E-state index contributed by atoms with van der Waals surface area (Å²) in [5.41, 5.74) is -3.84. The fourth-order valence-corrected chi connectivity index (χ4v) is 2.35. The zero-order chi connectivity index (χ0) is 19.5. The normalized spacial score (nSPS) is 14.3. The van der Waals surface area contributed by atoms with Gasteiger partial charge in [0.15, 0.2) is 0 Å². The molecule has 8 nitrogen and oxygen atoms in total. The van der Waals surface area contributed by atoms with E-state index in [1.807, 2.05) is 5.32 Å². The van der Waals surface area contributed by atoms with Crippen molar-refractivity contribution in [3.63, 3.8) is 0 Å². The summed E-state index contributed by atoms with van der Waals surface area (Å²) < 4.78 is 67.5. The van der Waals surface area contributed by atoms with Gasteiger partial charge in [-0.25, -0.2) is 18.4 Å². The number of hydrogen-bond donors (Lipinski definition) is 3. The van der Waals surface area contributed by atoms with Gasteiger partial charge in [-0.05, 0) is 31.2 Å². The Hall–Kier alpha value is -2.34. The number of esters is 1. The maximum absolute atomic E-state index is 13.6. The van der Waals surface area contributed by atoms with Gasteiger partial charge in [0.2, 0.25) is 15.9 Å². The van der Waals surface area contributed by atoms with Gasteiger partial charge in [0.25, 0.3) is 0 Å². The van der Waals surface area contributed by atoms with Crippen LogP contribution >= 0.6 is 0 Å². The molecule has 0 bridgehead atoms. The van der Waals surface area contributed by atoms with Crippen LogP contribution in [0.2, 0.25) is 0 Å². The number of hydrogen-bond acceptors (Lipinski definition) is 6. The molecule has 0 heterocycles. The second-order valence-electron chi connectivity index (χ2n) is 4.84. The van der Waals surface area contributed by atoms with E-state index in [-0.39, 0.29) is 17.2 Å². The molecule has 25 heavy (non-hydrogen) atoms. The highest BCUT2D eigenvalue weighted by atomic mass is 32.2. The first kappa shape index (κ1) is 20.7. The Labute approximate surface area is 141 Å². The van der Waals surface area contributed by atoms with Crippen molar-refractivity contribution < 1.29 is 35.9 Å². The number of anilines is 1. The lowest BCUT2D eigenvalue weighted by molar-refractivity contribution is -0.207. The summed E-state index contributed by atoms with van der Waals surface area (Å²) in [6.45, 7) is 1.74. The fourth-order valence-electron chi connectivity index (χ4n) is 1.84. The van der Waals surface area contributed by atoms with E-state index in [0.29, 0.717) is 0 Å². The Kier molecular flexibility index (Phi) is 6.02. The number of carbonyl (C=O) groups is 2. The smallest absolute Gasteiger partial charge is 0.441 e. The quantitative estimate of drug-likeness (QED) is 0.490. The maximum atomic E-state index is 13.6. The minimum absolute atomic E-state index is 0.300. The van der Waals surface area contributed by atoms with Crippen molar-refractivity contribution in [2.24, 2.45) is 5.14 Å². The Morgan fingerprint density at radius 2 is 1.72 bits per heavy atom. The molecule has 0 aliphatic heterocycles. The van der Waals surface area contributed by atoms with Gasteiger partial charge in [-0.2, -0.15) is 13.2 Å². The average molecular weight is 383 g/mol. The molecule has 0 aromatic heterocycles. The third-order valence-corrected chi connectivity index (χ3v) is 3.81. The molecule has 1 amide bonds. The predicted molar refractivity (Wildman–Crippen MR) is 80.7 cm³/mol. The zero-order valence-electron chi connectivity index (χ0n) is 13.2. The van der Waals surface area contributed by atoms with E-state index in [1.54, 1.807) is 0 Å². The van der Waals surface area contributed by atoms with E-state index in [4.69, 9.17) is 5.14 Å². The number of benzene rings is 1. The molecule has 4 N–H and O–H groups in total. The van der Waals surface area contributed by atoms with Gasteiger partial charge < -0.3 is 15.4 Å². The van der Waals surface area contributed by atoms with Crippen molar-refractivity contribution in [2.45, 2.75) is 30.6 Å². The summed E-state index contributed by atoms with van der Waals surface area (Å²) in [6, 6.07) is 3.80. The largest absolute Gasteiger partial charge is 0.463 e. The number of rotatable bonds is 6. The average Bonchev–Trinajstić information content (AvgIpc) is 2.44. The van der Waals surface area contributed by atoms with Crippen LogP contribution in [0.25, 0.3) is 0 Å². The van der Waals surface area contributed by atoms with E-state index >= 15 is 0 Å². The van der Waals surface area contributed by atoms with Crippen molar-refractivity contribution in [3.8, 4) is 0 Å². The van der Waals surface area contributed by atoms with Crippen LogP contribution in [0.3, 0.4) is 0 Å². The SMILES string of the molecule is CCOC(=O)[C@@](NC(C)=O)(Nc1ccc(S(N)(=O)=O)cc1)C(F)(F)F. The molecular formula is C13H16F3N3O5S. The van der Waals surface area contributed by atoms with E-state index in [9.17, 15) is 31.2 Å². The van der Waals surface area contributed by atoms with Crippen LogP contribution in [0.1, 0.15) is 13.8 Å². The minimum Gasteiger partial charge on any atom is -0.463 e. The van der Waals surface area contributed by atoms with Gasteiger partial charge in [-0.15, -0.1) is 0 Å². The molecule has 0 unspecified atom stereocenters. The predicted octanol–water partition coefficient (Wildman–Crippen LogP) is 0.704. The highest BCUT2D eigenvalue weighted by Crippen LogP contribution is 2.33. The number of halogens is 3. The Morgan fingerprint density at radius 3 is 2.08 bits per heavy atom. The van der Waals surface area contributed by atoms with Crippen LogP contribution in [0.5, 0.6) is 0 Å². The van der Waals surface area contributed by atoms with Crippen molar-refractivity contribution >= 4 is 27.6 Å². The van der Waals surface area contributed by atoms with Gasteiger partial charge in [-0.1, -0.05) is 0 Å². The number of sulfonamides is 1. The van der Waals surface area contributed by atoms with E-state index < -0.39 is 33.7 Å². The lowest BCUT2D eigenvalue weighted by atomic mass is 10.1. The highest BCUT2D eigenvalue weighted by molar-refractivity contribution is 7.89.